The lowest BCUT2D eigenvalue weighted by Crippen LogP contribution is -2.32. The Morgan fingerprint density at radius 2 is 0.904 bits per heavy atom. The Morgan fingerprint density at radius 3 is 1.56 bits per heavy atom. The summed E-state index contributed by atoms with van der Waals surface area (Å²) in [5, 5.41) is 17.2. The molecule has 1 atom stereocenters. The largest absolute Gasteiger partial charge is 0.457 e. The van der Waals surface area contributed by atoms with Gasteiger partial charge in [-0.05, 0) is 120 Å². The summed E-state index contributed by atoms with van der Waals surface area (Å²) in [5.74, 6) is 1.60. The van der Waals surface area contributed by atoms with Crippen LogP contribution in [0.3, 0.4) is 0 Å². The van der Waals surface area contributed by atoms with Crippen molar-refractivity contribution < 1.29 is 4.74 Å². The highest BCUT2D eigenvalue weighted by atomic mass is 16.5. The molecule has 1 unspecified atom stereocenters. The van der Waals surface area contributed by atoms with Gasteiger partial charge in [-0.25, -0.2) is 0 Å². The lowest BCUT2D eigenvalue weighted by Gasteiger charge is -2.39. The molecule has 0 fully saturated rings. The van der Waals surface area contributed by atoms with Crippen LogP contribution in [0.4, 0.5) is 0 Å². The third-order valence-corrected chi connectivity index (χ3v) is 15.6. The predicted octanol–water partition coefficient (Wildman–Crippen LogP) is 15.8. The highest BCUT2D eigenvalue weighted by Crippen LogP contribution is 2.62. The molecule has 2 aliphatic rings. The Morgan fingerprint density at radius 1 is 0.370 bits per heavy atom. The summed E-state index contributed by atoms with van der Waals surface area (Å²) in [5.41, 5.74) is 17.5. The van der Waals surface area contributed by atoms with E-state index >= 15 is 0 Å². The standard InChI is InChI=1S/C66H38N6O/c67-38-40-26-29-60-50(33-40)51-34-41(27-30-61(51)71(60)44-14-11-13-43(36-44)70-56-21-6-1-15-46(56)47-16-2-7-22-57(47)70)42-35-55-65(69-39-42)64-53(20-12-32-68-64)66(55)52-19-5-10-25-62(52)73-63-31-28-45(37-54(63)66)72-58-23-8-3-17-48(58)49-18-4-9-24-59(49)72/h1-37,39H. The van der Waals surface area contributed by atoms with Gasteiger partial charge in [0.05, 0.1) is 61.5 Å². The topological polar surface area (TPSA) is 73.6 Å². The van der Waals surface area contributed by atoms with Gasteiger partial charge < -0.3 is 18.4 Å². The Labute approximate surface area is 418 Å². The maximum absolute atomic E-state index is 10.2. The van der Waals surface area contributed by atoms with Gasteiger partial charge in [-0.3, -0.25) is 9.97 Å². The van der Waals surface area contributed by atoms with Crippen molar-refractivity contribution in [2.45, 2.75) is 5.41 Å². The number of pyridine rings is 2. The van der Waals surface area contributed by atoms with Gasteiger partial charge in [0.1, 0.15) is 11.5 Å². The van der Waals surface area contributed by atoms with Crippen LogP contribution in [-0.4, -0.2) is 23.7 Å². The fourth-order valence-corrected chi connectivity index (χ4v) is 12.6. The lowest BCUT2D eigenvalue weighted by molar-refractivity contribution is 0.436. The minimum absolute atomic E-state index is 0.611. The molecule has 6 heterocycles. The second-order valence-corrected chi connectivity index (χ2v) is 19.2. The van der Waals surface area contributed by atoms with E-state index in [1.54, 1.807) is 0 Å². The summed E-state index contributed by atoms with van der Waals surface area (Å²) in [6.45, 7) is 0. The van der Waals surface area contributed by atoms with Gasteiger partial charge >= 0.3 is 0 Å². The van der Waals surface area contributed by atoms with Crippen molar-refractivity contribution in [2.24, 2.45) is 0 Å². The number of benzene rings is 9. The van der Waals surface area contributed by atoms with Crippen LogP contribution in [-0.2, 0) is 5.41 Å². The molecule has 1 aliphatic carbocycles. The molecule has 0 radical (unpaired) electrons. The highest BCUT2D eigenvalue weighted by Gasteiger charge is 2.52. The zero-order valence-corrected chi connectivity index (χ0v) is 39.0. The van der Waals surface area contributed by atoms with Gasteiger partial charge in [-0.15, -0.1) is 0 Å². The zero-order valence-electron chi connectivity index (χ0n) is 39.0. The van der Waals surface area contributed by atoms with Gasteiger partial charge in [0.25, 0.3) is 0 Å². The fourth-order valence-electron chi connectivity index (χ4n) is 12.6. The molecule has 5 aromatic heterocycles. The number of hydrogen-bond acceptors (Lipinski definition) is 4. The summed E-state index contributed by atoms with van der Waals surface area (Å²) >= 11 is 0. The first-order chi connectivity index (χ1) is 36.2. The second-order valence-electron chi connectivity index (χ2n) is 19.2. The van der Waals surface area contributed by atoms with E-state index in [-0.39, 0.29) is 0 Å². The van der Waals surface area contributed by atoms with Crippen LogP contribution in [0.25, 0.3) is 105 Å². The van der Waals surface area contributed by atoms with E-state index in [1.807, 2.05) is 36.7 Å². The Kier molecular flexibility index (Phi) is 8.04. The average Bonchev–Trinajstić information content (AvgIpc) is 4.17. The maximum Gasteiger partial charge on any atom is 0.132 e. The van der Waals surface area contributed by atoms with E-state index in [2.05, 4.69) is 214 Å². The molecule has 0 saturated heterocycles. The summed E-state index contributed by atoms with van der Waals surface area (Å²) < 4.78 is 14.0. The summed E-state index contributed by atoms with van der Waals surface area (Å²) in [7, 11) is 0. The van der Waals surface area contributed by atoms with Crippen LogP contribution in [0.15, 0.2) is 231 Å². The van der Waals surface area contributed by atoms with Crippen LogP contribution in [0.5, 0.6) is 11.5 Å². The van der Waals surface area contributed by atoms with Crippen LogP contribution in [0.2, 0.25) is 0 Å². The molecule has 1 spiro atoms. The van der Waals surface area contributed by atoms with Crippen LogP contribution < -0.4 is 4.74 Å². The molecular weight excluding hydrogens is 893 g/mol. The van der Waals surface area contributed by atoms with Crippen molar-refractivity contribution >= 4 is 65.4 Å². The fraction of sp³-hybridized carbons (Fsp3) is 0.0152. The quantitative estimate of drug-likeness (QED) is 0.176. The molecule has 7 nitrogen and oxygen atoms in total. The number of aromatic nitrogens is 5. The van der Waals surface area contributed by atoms with Crippen molar-refractivity contribution in [3.8, 4) is 57.1 Å². The van der Waals surface area contributed by atoms with Crippen LogP contribution in [0, 0.1) is 11.3 Å². The first kappa shape index (κ1) is 39.8. The molecular formula is C66H38N6O. The third-order valence-electron chi connectivity index (χ3n) is 15.6. The van der Waals surface area contributed by atoms with Crippen molar-refractivity contribution in [1.29, 1.82) is 5.26 Å². The molecule has 16 rings (SSSR count). The van der Waals surface area contributed by atoms with Crippen molar-refractivity contribution in [3.05, 3.63) is 259 Å². The monoisotopic (exact) mass is 930 g/mol. The van der Waals surface area contributed by atoms with Gasteiger partial charge in [0.15, 0.2) is 0 Å². The molecule has 0 amide bonds. The van der Waals surface area contributed by atoms with Gasteiger partial charge in [0.2, 0.25) is 0 Å². The average molecular weight is 931 g/mol. The maximum atomic E-state index is 10.2. The van der Waals surface area contributed by atoms with Crippen LogP contribution >= 0.6 is 0 Å². The number of rotatable bonds is 4. The van der Waals surface area contributed by atoms with Gasteiger partial charge in [-0.2, -0.15) is 5.26 Å². The van der Waals surface area contributed by atoms with E-state index < -0.39 is 5.41 Å². The first-order valence-corrected chi connectivity index (χ1v) is 24.6. The Balaban J connectivity index is 0.905. The minimum Gasteiger partial charge on any atom is -0.457 e. The summed E-state index contributed by atoms with van der Waals surface area (Å²) in [4.78, 5) is 10.5. The molecule has 14 aromatic rings. The molecule has 0 saturated carbocycles. The molecule has 338 valence electrons. The normalized spacial score (nSPS) is 14.5. The smallest absolute Gasteiger partial charge is 0.132 e. The number of ether oxygens (including phenoxy) is 1. The summed E-state index contributed by atoms with van der Waals surface area (Å²) in [6, 6.07) is 80.1. The van der Waals surface area contributed by atoms with Crippen LogP contribution in [0.1, 0.15) is 27.8 Å². The molecule has 73 heavy (non-hydrogen) atoms. The van der Waals surface area contributed by atoms with E-state index in [9.17, 15) is 5.26 Å². The Bertz CT molecular complexity index is 4650. The number of nitrogens with zero attached hydrogens (tertiary/aromatic N) is 6. The molecule has 0 bridgehead atoms. The van der Waals surface area contributed by atoms with Crippen molar-refractivity contribution in [2.75, 3.05) is 0 Å². The number of hydrogen-bond donors (Lipinski definition) is 0. The molecule has 0 N–H and O–H groups in total. The van der Waals surface area contributed by atoms with E-state index in [4.69, 9.17) is 14.7 Å². The van der Waals surface area contributed by atoms with E-state index in [1.165, 1.54) is 21.5 Å². The number of nitriles is 1. The summed E-state index contributed by atoms with van der Waals surface area (Å²) in [6.07, 6.45) is 3.86. The third kappa shape index (κ3) is 5.36. The van der Waals surface area contributed by atoms with Crippen molar-refractivity contribution in [3.63, 3.8) is 0 Å². The van der Waals surface area contributed by atoms with Gasteiger partial charge in [-0.1, -0.05) is 109 Å². The SMILES string of the molecule is N#Cc1ccc2c(c1)c1cc(-c3cnc4c(c3)C3(c5ccccc5Oc5ccc(-n6c7ccccc7c7ccccc76)cc53)c3cccnc3-4)ccc1n2-c1cccc(-n2c3ccccc3c3ccccc32)c1. The van der Waals surface area contributed by atoms with Gasteiger partial charge in [0, 0.05) is 84.0 Å². The highest BCUT2D eigenvalue weighted by molar-refractivity contribution is 6.12. The lowest BCUT2D eigenvalue weighted by atomic mass is 9.66. The minimum atomic E-state index is -0.815. The number of fused-ring (bicyclic) bond motifs is 18. The molecule has 7 heteroatoms. The second kappa shape index (κ2) is 14.8. The molecule has 1 aliphatic heterocycles. The zero-order chi connectivity index (χ0) is 47.9. The first-order valence-electron chi connectivity index (χ1n) is 24.6. The van der Waals surface area contributed by atoms with E-state index in [0.717, 1.165) is 117 Å². The molecule has 9 aromatic carbocycles. The predicted molar refractivity (Wildman–Crippen MR) is 293 cm³/mol. The van der Waals surface area contributed by atoms with E-state index in [0.29, 0.717) is 5.56 Å². The Hall–Kier alpha value is -10.0. The number of para-hydroxylation sites is 5. The van der Waals surface area contributed by atoms with Crippen molar-refractivity contribution in [1.82, 2.24) is 23.7 Å².